The summed E-state index contributed by atoms with van der Waals surface area (Å²) in [5, 5.41) is 25.2. The van der Waals surface area contributed by atoms with Crippen LogP contribution in [0.3, 0.4) is 0 Å². The number of nitro groups is 1. The number of amides is 1. The Kier molecular flexibility index (Phi) is 3.57. The normalized spacial score (nSPS) is 15.6. The van der Waals surface area contributed by atoms with Crippen LogP contribution in [0.5, 0.6) is 0 Å². The molecule has 0 spiro atoms. The lowest BCUT2D eigenvalue weighted by Crippen LogP contribution is -2.32. The van der Waals surface area contributed by atoms with Gasteiger partial charge in [0.25, 0.3) is 11.6 Å². The Morgan fingerprint density at radius 1 is 1.22 bits per heavy atom. The third kappa shape index (κ3) is 2.53. The number of hydrogen-bond acceptors (Lipinski definition) is 5. The number of nitriles is 1. The first-order valence-electron chi connectivity index (χ1n) is 6.72. The number of rotatable bonds is 2. The Labute approximate surface area is 131 Å². The van der Waals surface area contributed by atoms with Crippen LogP contribution in [0.15, 0.2) is 53.6 Å². The lowest BCUT2D eigenvalue weighted by Gasteiger charge is -2.27. The number of carbonyl (C=O) groups is 1. The number of benzene rings is 2. The van der Waals surface area contributed by atoms with Gasteiger partial charge in [-0.25, -0.2) is 5.01 Å². The molecule has 1 aliphatic rings. The van der Waals surface area contributed by atoms with E-state index in [1.165, 1.54) is 30.5 Å². The molecule has 1 heterocycles. The van der Waals surface area contributed by atoms with Crippen molar-refractivity contribution in [3.05, 3.63) is 75.3 Å². The number of nitrogens with zero attached hydrogens (tertiary/aromatic N) is 4. The number of carbonyl (C=O) groups excluding carboxylic acids is 1. The number of hydrogen-bond donors (Lipinski definition) is 0. The van der Waals surface area contributed by atoms with Crippen molar-refractivity contribution >= 4 is 17.8 Å². The fraction of sp³-hybridized carbons (Fsp3) is 0.0625. The molecule has 1 amide bonds. The molecular weight excluding hydrogens is 296 g/mol. The first kappa shape index (κ1) is 14.4. The second-order valence-electron chi connectivity index (χ2n) is 4.86. The van der Waals surface area contributed by atoms with Gasteiger partial charge in [-0.2, -0.15) is 10.4 Å². The molecule has 1 aliphatic heterocycles. The van der Waals surface area contributed by atoms with E-state index >= 15 is 0 Å². The molecule has 7 heteroatoms. The van der Waals surface area contributed by atoms with Crippen LogP contribution in [-0.2, 0) is 0 Å². The van der Waals surface area contributed by atoms with Gasteiger partial charge in [-0.1, -0.05) is 24.3 Å². The summed E-state index contributed by atoms with van der Waals surface area (Å²) in [6.45, 7) is 0. The molecule has 112 valence electrons. The SMILES string of the molecule is N#C[C@H]1c2ccccc2C=NN1C(=O)c1ccc([N+](=O)[O-])cc1. The molecule has 1 atom stereocenters. The summed E-state index contributed by atoms with van der Waals surface area (Å²) in [5.41, 5.74) is 1.60. The topological polar surface area (TPSA) is 99.6 Å². The van der Waals surface area contributed by atoms with Crippen LogP contribution in [0.4, 0.5) is 5.69 Å². The first-order chi connectivity index (χ1) is 11.1. The van der Waals surface area contributed by atoms with Gasteiger partial charge in [-0.3, -0.25) is 14.9 Å². The van der Waals surface area contributed by atoms with Crippen LogP contribution in [0.2, 0.25) is 0 Å². The largest absolute Gasteiger partial charge is 0.275 e. The van der Waals surface area contributed by atoms with Crippen molar-refractivity contribution in [3.8, 4) is 6.07 Å². The van der Waals surface area contributed by atoms with E-state index in [1.807, 2.05) is 12.1 Å². The first-order valence-corrected chi connectivity index (χ1v) is 6.72. The summed E-state index contributed by atoms with van der Waals surface area (Å²) in [5.74, 6) is -0.489. The van der Waals surface area contributed by atoms with Crippen LogP contribution in [-0.4, -0.2) is 22.1 Å². The van der Waals surface area contributed by atoms with Gasteiger partial charge >= 0.3 is 0 Å². The summed E-state index contributed by atoms with van der Waals surface area (Å²) in [6, 6.07) is 13.6. The van der Waals surface area contributed by atoms with Gasteiger partial charge in [0.1, 0.15) is 0 Å². The summed E-state index contributed by atoms with van der Waals surface area (Å²) < 4.78 is 0. The molecule has 3 rings (SSSR count). The predicted molar refractivity (Wildman–Crippen MR) is 81.7 cm³/mol. The molecule has 0 N–H and O–H groups in total. The summed E-state index contributed by atoms with van der Waals surface area (Å²) in [4.78, 5) is 22.7. The highest BCUT2D eigenvalue weighted by molar-refractivity contribution is 5.97. The van der Waals surface area contributed by atoms with Crippen LogP contribution in [0, 0.1) is 21.4 Å². The highest BCUT2D eigenvalue weighted by Gasteiger charge is 2.30. The van der Waals surface area contributed by atoms with Crippen LogP contribution < -0.4 is 0 Å². The van der Waals surface area contributed by atoms with Crippen molar-refractivity contribution in [3.63, 3.8) is 0 Å². The molecule has 0 aromatic heterocycles. The van der Waals surface area contributed by atoms with E-state index < -0.39 is 16.9 Å². The minimum Gasteiger partial charge on any atom is -0.267 e. The summed E-state index contributed by atoms with van der Waals surface area (Å²) in [6.07, 6.45) is 1.52. The van der Waals surface area contributed by atoms with E-state index in [2.05, 4.69) is 11.2 Å². The molecule has 0 bridgehead atoms. The third-order valence-electron chi connectivity index (χ3n) is 3.51. The van der Waals surface area contributed by atoms with Gasteiger partial charge < -0.3 is 0 Å². The van der Waals surface area contributed by atoms with Gasteiger partial charge in [0.15, 0.2) is 6.04 Å². The zero-order valence-corrected chi connectivity index (χ0v) is 11.8. The fourth-order valence-electron chi connectivity index (χ4n) is 2.35. The van der Waals surface area contributed by atoms with E-state index in [1.54, 1.807) is 12.1 Å². The zero-order valence-electron chi connectivity index (χ0n) is 11.8. The number of fused-ring (bicyclic) bond motifs is 1. The van der Waals surface area contributed by atoms with Crippen molar-refractivity contribution in [1.82, 2.24) is 5.01 Å². The molecule has 7 nitrogen and oxygen atoms in total. The fourth-order valence-corrected chi connectivity index (χ4v) is 2.35. The summed E-state index contributed by atoms with van der Waals surface area (Å²) >= 11 is 0. The van der Waals surface area contributed by atoms with Crippen molar-refractivity contribution in [2.24, 2.45) is 5.10 Å². The van der Waals surface area contributed by atoms with Crippen LogP contribution >= 0.6 is 0 Å². The Morgan fingerprint density at radius 2 is 1.91 bits per heavy atom. The van der Waals surface area contributed by atoms with Crippen LogP contribution in [0.1, 0.15) is 27.5 Å². The van der Waals surface area contributed by atoms with E-state index in [0.717, 1.165) is 10.6 Å². The van der Waals surface area contributed by atoms with Gasteiger partial charge in [-0.15, -0.1) is 0 Å². The molecular formula is C16H10N4O3. The maximum absolute atomic E-state index is 12.6. The van der Waals surface area contributed by atoms with Crippen molar-refractivity contribution in [1.29, 1.82) is 5.26 Å². The molecule has 0 fully saturated rings. The Balaban J connectivity index is 1.94. The smallest absolute Gasteiger partial charge is 0.267 e. The Morgan fingerprint density at radius 3 is 2.57 bits per heavy atom. The van der Waals surface area contributed by atoms with E-state index in [9.17, 15) is 20.2 Å². The van der Waals surface area contributed by atoms with Gasteiger partial charge in [0.05, 0.1) is 17.2 Å². The second-order valence-corrected chi connectivity index (χ2v) is 4.86. The Bertz CT molecular complexity index is 852. The average Bonchev–Trinajstić information content (AvgIpc) is 2.60. The molecule has 0 radical (unpaired) electrons. The monoisotopic (exact) mass is 306 g/mol. The van der Waals surface area contributed by atoms with Gasteiger partial charge in [-0.05, 0) is 17.7 Å². The number of nitro benzene ring substituents is 1. The van der Waals surface area contributed by atoms with Crippen molar-refractivity contribution in [2.45, 2.75) is 6.04 Å². The van der Waals surface area contributed by atoms with Crippen LogP contribution in [0.25, 0.3) is 0 Å². The minimum absolute atomic E-state index is 0.106. The van der Waals surface area contributed by atoms with E-state index in [-0.39, 0.29) is 11.3 Å². The molecule has 23 heavy (non-hydrogen) atoms. The lowest BCUT2D eigenvalue weighted by atomic mass is 9.99. The average molecular weight is 306 g/mol. The third-order valence-corrected chi connectivity index (χ3v) is 3.51. The second kappa shape index (κ2) is 5.69. The quantitative estimate of drug-likeness (QED) is 0.629. The lowest BCUT2D eigenvalue weighted by molar-refractivity contribution is -0.384. The minimum atomic E-state index is -0.834. The summed E-state index contributed by atoms with van der Waals surface area (Å²) in [7, 11) is 0. The predicted octanol–water partition coefficient (Wildman–Crippen LogP) is 2.65. The maximum Gasteiger partial charge on any atom is 0.275 e. The zero-order chi connectivity index (χ0) is 16.4. The maximum atomic E-state index is 12.6. The van der Waals surface area contributed by atoms with Crippen molar-refractivity contribution in [2.75, 3.05) is 0 Å². The van der Waals surface area contributed by atoms with E-state index in [4.69, 9.17) is 0 Å². The molecule has 2 aromatic carbocycles. The number of hydrazone groups is 1. The molecule has 0 saturated carbocycles. The number of non-ortho nitro benzene ring substituents is 1. The van der Waals surface area contributed by atoms with Gasteiger partial charge in [0.2, 0.25) is 0 Å². The van der Waals surface area contributed by atoms with Gasteiger partial charge in [0, 0.05) is 23.3 Å². The molecule has 0 saturated heterocycles. The standard InChI is InChI=1S/C16H10N4O3/c17-9-15-14-4-2-1-3-12(14)10-18-19(15)16(21)11-5-7-13(8-6-11)20(22)23/h1-8,10,15H/t15-/m0/s1. The Hall–Kier alpha value is -3.53. The molecule has 0 unspecified atom stereocenters. The molecule has 2 aromatic rings. The van der Waals surface area contributed by atoms with E-state index in [0.29, 0.717) is 5.56 Å². The highest BCUT2D eigenvalue weighted by atomic mass is 16.6. The van der Waals surface area contributed by atoms with Crippen molar-refractivity contribution < 1.29 is 9.72 Å². The highest BCUT2D eigenvalue weighted by Crippen LogP contribution is 2.28. The molecule has 0 aliphatic carbocycles.